The minimum atomic E-state index is 0.260. The van der Waals surface area contributed by atoms with E-state index in [1.807, 2.05) is 0 Å². The summed E-state index contributed by atoms with van der Waals surface area (Å²) in [4.78, 5) is 15.6. The molecule has 0 aromatic rings. The van der Waals surface area contributed by atoms with E-state index in [0.717, 1.165) is 6.54 Å². The van der Waals surface area contributed by atoms with E-state index in [-0.39, 0.29) is 5.78 Å². The Hall–Kier alpha value is -0.410. The van der Waals surface area contributed by atoms with Crippen LogP contribution in [0, 0.1) is 0 Å². The minimum Gasteiger partial charge on any atom is -0.299 e. The van der Waals surface area contributed by atoms with Crippen LogP contribution in [0.25, 0.3) is 0 Å². The van der Waals surface area contributed by atoms with Gasteiger partial charge in [-0.15, -0.1) is 0 Å². The highest BCUT2D eigenvalue weighted by molar-refractivity contribution is 5.77. The molecule has 14 heavy (non-hydrogen) atoms. The number of carbonyl (C=O) groups excluding carboxylic acids is 1. The van der Waals surface area contributed by atoms with Gasteiger partial charge >= 0.3 is 0 Å². The van der Waals surface area contributed by atoms with E-state index in [0.29, 0.717) is 18.6 Å². The predicted molar refractivity (Wildman–Crippen MR) is 58.4 cm³/mol. The fourth-order valence-electron chi connectivity index (χ4n) is 2.08. The molecule has 0 spiro atoms. The maximum Gasteiger partial charge on any atom is 0.143 e. The summed E-state index contributed by atoms with van der Waals surface area (Å²) in [7, 11) is 2.05. The Morgan fingerprint density at radius 2 is 2.21 bits per heavy atom. The molecule has 1 fully saturated rings. The zero-order valence-electron chi connectivity index (χ0n) is 9.79. The number of nitrogens with zero attached hydrogens (tertiary/aromatic N) is 2. The number of hydrogen-bond donors (Lipinski definition) is 0. The van der Waals surface area contributed by atoms with Crippen molar-refractivity contribution in [2.24, 2.45) is 0 Å². The topological polar surface area (TPSA) is 23.6 Å². The zero-order chi connectivity index (χ0) is 10.7. The molecule has 1 atom stereocenters. The first-order chi connectivity index (χ1) is 6.50. The number of likely N-dealkylation sites (N-methyl/N-ethyl adjacent to an activating group) is 1. The van der Waals surface area contributed by atoms with Crippen LogP contribution in [-0.2, 0) is 4.79 Å². The van der Waals surface area contributed by atoms with Gasteiger partial charge in [0, 0.05) is 25.2 Å². The maximum absolute atomic E-state index is 11.0. The summed E-state index contributed by atoms with van der Waals surface area (Å²) in [6, 6.07) is 1.20. The van der Waals surface area contributed by atoms with Gasteiger partial charge in [0.2, 0.25) is 0 Å². The Balaban J connectivity index is 2.37. The second-order valence-electron chi connectivity index (χ2n) is 4.65. The Bertz CT molecular complexity index is 203. The summed E-state index contributed by atoms with van der Waals surface area (Å²) in [6.07, 6.45) is 1.20. The standard InChI is InChI=1S/C11H22N2O/c1-9(2)13-6-5-11(8-13)12(4)7-10(3)14/h9,11H,5-8H2,1-4H3. The van der Waals surface area contributed by atoms with Crippen molar-refractivity contribution in [1.29, 1.82) is 0 Å². The molecule has 1 aliphatic rings. The highest BCUT2D eigenvalue weighted by Gasteiger charge is 2.27. The predicted octanol–water partition coefficient (Wildman–Crippen LogP) is 0.990. The molecular formula is C11H22N2O. The molecule has 0 saturated carbocycles. The van der Waals surface area contributed by atoms with Crippen LogP contribution in [0.5, 0.6) is 0 Å². The molecule has 1 saturated heterocycles. The van der Waals surface area contributed by atoms with Gasteiger partial charge in [0.15, 0.2) is 0 Å². The summed E-state index contributed by atoms with van der Waals surface area (Å²) in [5, 5.41) is 0. The van der Waals surface area contributed by atoms with E-state index in [9.17, 15) is 4.79 Å². The molecule has 1 aliphatic heterocycles. The molecule has 0 N–H and O–H groups in total. The molecule has 0 aromatic carbocycles. The van der Waals surface area contributed by atoms with Gasteiger partial charge in [-0.25, -0.2) is 0 Å². The van der Waals surface area contributed by atoms with Crippen molar-refractivity contribution in [3.63, 3.8) is 0 Å². The molecule has 0 bridgehead atoms. The van der Waals surface area contributed by atoms with E-state index in [1.54, 1.807) is 6.92 Å². The average molecular weight is 198 g/mol. The average Bonchev–Trinajstić information content (AvgIpc) is 2.50. The molecule has 0 radical (unpaired) electrons. The third kappa shape index (κ3) is 3.07. The minimum absolute atomic E-state index is 0.260. The fourth-order valence-corrected chi connectivity index (χ4v) is 2.08. The fraction of sp³-hybridized carbons (Fsp3) is 0.909. The quantitative estimate of drug-likeness (QED) is 0.673. The van der Waals surface area contributed by atoms with Gasteiger partial charge in [0.25, 0.3) is 0 Å². The smallest absolute Gasteiger partial charge is 0.143 e. The Kier molecular flexibility index (Phi) is 4.08. The van der Waals surface area contributed by atoms with Gasteiger partial charge in [0.05, 0.1) is 6.54 Å². The highest BCUT2D eigenvalue weighted by Crippen LogP contribution is 2.16. The van der Waals surface area contributed by atoms with Gasteiger partial charge in [-0.1, -0.05) is 0 Å². The molecule has 1 unspecified atom stereocenters. The van der Waals surface area contributed by atoms with Crippen molar-refractivity contribution < 1.29 is 4.79 Å². The van der Waals surface area contributed by atoms with Crippen molar-refractivity contribution in [2.75, 3.05) is 26.7 Å². The first kappa shape index (κ1) is 11.7. The SMILES string of the molecule is CC(=O)CN(C)C1CCN(C(C)C)C1. The molecule has 3 nitrogen and oxygen atoms in total. The van der Waals surface area contributed by atoms with E-state index < -0.39 is 0 Å². The zero-order valence-corrected chi connectivity index (χ0v) is 9.79. The summed E-state index contributed by atoms with van der Waals surface area (Å²) in [6.45, 7) is 9.00. The lowest BCUT2D eigenvalue weighted by Gasteiger charge is -2.25. The number of carbonyl (C=O) groups is 1. The van der Waals surface area contributed by atoms with E-state index >= 15 is 0 Å². The van der Waals surface area contributed by atoms with E-state index in [1.165, 1.54) is 13.0 Å². The number of likely N-dealkylation sites (tertiary alicyclic amines) is 1. The molecule has 82 valence electrons. The number of Topliss-reactive ketones (excluding diaryl/α,β-unsaturated/α-hetero) is 1. The maximum atomic E-state index is 11.0. The molecule has 1 rings (SSSR count). The van der Waals surface area contributed by atoms with Crippen LogP contribution in [0.4, 0.5) is 0 Å². The summed E-state index contributed by atoms with van der Waals surface area (Å²) in [5.41, 5.74) is 0. The molecule has 1 heterocycles. The summed E-state index contributed by atoms with van der Waals surface area (Å²) >= 11 is 0. The van der Waals surface area contributed by atoms with Crippen LogP contribution in [-0.4, -0.2) is 54.3 Å². The largest absolute Gasteiger partial charge is 0.299 e. The van der Waals surface area contributed by atoms with Crippen LogP contribution in [0.2, 0.25) is 0 Å². The number of rotatable bonds is 4. The number of ketones is 1. The van der Waals surface area contributed by atoms with Gasteiger partial charge in [-0.05, 0) is 34.2 Å². The molecule has 3 heteroatoms. The van der Waals surface area contributed by atoms with Crippen LogP contribution in [0.15, 0.2) is 0 Å². The number of hydrogen-bond acceptors (Lipinski definition) is 3. The lowest BCUT2D eigenvalue weighted by Crippen LogP contribution is -2.38. The first-order valence-electron chi connectivity index (χ1n) is 5.44. The van der Waals surface area contributed by atoms with Crippen molar-refractivity contribution >= 4 is 5.78 Å². The normalized spacial score (nSPS) is 23.7. The van der Waals surface area contributed by atoms with Crippen molar-refractivity contribution in [1.82, 2.24) is 9.80 Å². The Morgan fingerprint density at radius 1 is 1.57 bits per heavy atom. The molecular weight excluding hydrogens is 176 g/mol. The lowest BCUT2D eigenvalue weighted by molar-refractivity contribution is -0.118. The van der Waals surface area contributed by atoms with Gasteiger partial charge in [-0.2, -0.15) is 0 Å². The van der Waals surface area contributed by atoms with E-state index in [2.05, 4.69) is 30.7 Å². The second-order valence-corrected chi connectivity index (χ2v) is 4.65. The Morgan fingerprint density at radius 3 is 2.64 bits per heavy atom. The monoisotopic (exact) mass is 198 g/mol. The summed E-state index contributed by atoms with van der Waals surface area (Å²) in [5.74, 6) is 0.260. The van der Waals surface area contributed by atoms with Gasteiger partial charge in [0.1, 0.15) is 5.78 Å². The molecule has 0 aromatic heterocycles. The van der Waals surface area contributed by atoms with E-state index in [4.69, 9.17) is 0 Å². The van der Waals surface area contributed by atoms with Crippen molar-refractivity contribution in [3.05, 3.63) is 0 Å². The van der Waals surface area contributed by atoms with Gasteiger partial charge in [-0.3, -0.25) is 14.6 Å². The highest BCUT2D eigenvalue weighted by atomic mass is 16.1. The molecule has 0 amide bonds. The second kappa shape index (κ2) is 4.89. The Labute approximate surface area is 87.1 Å². The molecule has 0 aliphatic carbocycles. The lowest BCUT2D eigenvalue weighted by atomic mass is 10.2. The summed E-state index contributed by atoms with van der Waals surface area (Å²) < 4.78 is 0. The van der Waals surface area contributed by atoms with Crippen LogP contribution in [0.1, 0.15) is 27.2 Å². The van der Waals surface area contributed by atoms with Crippen LogP contribution in [0.3, 0.4) is 0 Å². The third-order valence-electron chi connectivity index (χ3n) is 3.02. The van der Waals surface area contributed by atoms with Crippen LogP contribution >= 0.6 is 0 Å². The third-order valence-corrected chi connectivity index (χ3v) is 3.02. The first-order valence-corrected chi connectivity index (χ1v) is 5.44. The van der Waals surface area contributed by atoms with Crippen LogP contribution < -0.4 is 0 Å². The van der Waals surface area contributed by atoms with Crippen molar-refractivity contribution in [2.45, 2.75) is 39.3 Å². The van der Waals surface area contributed by atoms with Crippen molar-refractivity contribution in [3.8, 4) is 0 Å². The van der Waals surface area contributed by atoms with Gasteiger partial charge < -0.3 is 0 Å².